The molecule has 0 spiro atoms. The molecule has 2 N–H and O–H groups in total. The summed E-state index contributed by atoms with van der Waals surface area (Å²) in [5.41, 5.74) is 2.16. The van der Waals surface area contributed by atoms with Gasteiger partial charge in [-0.05, 0) is 36.1 Å². The fourth-order valence-corrected chi connectivity index (χ4v) is 2.66. The molecule has 0 atom stereocenters. The third-order valence-corrected chi connectivity index (χ3v) is 4.17. The molecule has 0 saturated heterocycles. The molecule has 6 nitrogen and oxygen atoms in total. The molecule has 0 aromatic heterocycles. The highest BCUT2D eigenvalue weighted by molar-refractivity contribution is 5.87. The molecule has 0 saturated carbocycles. The van der Waals surface area contributed by atoms with Crippen LogP contribution in [0, 0.1) is 0 Å². The summed E-state index contributed by atoms with van der Waals surface area (Å²) in [5, 5.41) is 11.9. The highest BCUT2D eigenvalue weighted by atomic mass is 16.5. The van der Waals surface area contributed by atoms with Crippen LogP contribution in [0.4, 0.5) is 4.79 Å². The van der Waals surface area contributed by atoms with Crippen LogP contribution in [0.15, 0.2) is 54.6 Å². The SMILES string of the molecule is COCCCCN(Cc1ccccc1)C(=O)NCc1ccc(C(=O)O)cc1. The number of carboxylic acid groups (broad SMARTS) is 1. The van der Waals surface area contributed by atoms with Crippen molar-refractivity contribution >= 4 is 12.0 Å². The molecule has 0 aliphatic carbocycles. The molecule has 0 aliphatic heterocycles. The minimum absolute atomic E-state index is 0.140. The van der Waals surface area contributed by atoms with Crippen molar-refractivity contribution in [3.8, 4) is 0 Å². The topological polar surface area (TPSA) is 78.9 Å². The van der Waals surface area contributed by atoms with E-state index in [1.807, 2.05) is 30.3 Å². The lowest BCUT2D eigenvalue weighted by Crippen LogP contribution is -2.39. The Kier molecular flexibility index (Phi) is 8.32. The van der Waals surface area contributed by atoms with E-state index in [4.69, 9.17) is 9.84 Å². The zero-order valence-corrected chi connectivity index (χ0v) is 15.6. The molecule has 0 aliphatic rings. The van der Waals surface area contributed by atoms with Crippen LogP contribution in [0.2, 0.25) is 0 Å². The molecule has 0 bridgehead atoms. The van der Waals surface area contributed by atoms with Crippen molar-refractivity contribution in [3.63, 3.8) is 0 Å². The number of amides is 2. The molecule has 144 valence electrons. The molecule has 27 heavy (non-hydrogen) atoms. The Labute approximate surface area is 159 Å². The molecule has 2 aromatic rings. The summed E-state index contributed by atoms with van der Waals surface area (Å²) in [6, 6.07) is 16.2. The van der Waals surface area contributed by atoms with Crippen LogP contribution < -0.4 is 5.32 Å². The number of unbranched alkanes of at least 4 members (excludes halogenated alkanes) is 1. The Morgan fingerprint density at radius 1 is 1.00 bits per heavy atom. The van der Waals surface area contributed by atoms with Gasteiger partial charge in [0.05, 0.1) is 5.56 Å². The predicted molar refractivity (Wildman–Crippen MR) is 104 cm³/mol. The van der Waals surface area contributed by atoms with Crippen molar-refractivity contribution in [2.75, 3.05) is 20.3 Å². The van der Waals surface area contributed by atoms with Crippen molar-refractivity contribution in [3.05, 3.63) is 71.3 Å². The lowest BCUT2D eigenvalue weighted by atomic mass is 10.1. The Hall–Kier alpha value is -2.86. The second-order valence-corrected chi connectivity index (χ2v) is 6.27. The lowest BCUT2D eigenvalue weighted by molar-refractivity contribution is 0.0697. The van der Waals surface area contributed by atoms with E-state index in [-0.39, 0.29) is 11.6 Å². The van der Waals surface area contributed by atoms with Crippen LogP contribution in [-0.2, 0) is 17.8 Å². The molecule has 0 unspecified atom stereocenters. The number of urea groups is 1. The monoisotopic (exact) mass is 370 g/mol. The Bertz CT molecular complexity index is 717. The number of nitrogens with one attached hydrogen (secondary N) is 1. The van der Waals surface area contributed by atoms with Crippen LogP contribution >= 0.6 is 0 Å². The van der Waals surface area contributed by atoms with E-state index in [1.54, 1.807) is 24.1 Å². The predicted octanol–water partition coefficient (Wildman–Crippen LogP) is 3.52. The number of hydrogen-bond acceptors (Lipinski definition) is 3. The first-order chi connectivity index (χ1) is 13.1. The first-order valence-electron chi connectivity index (χ1n) is 8.98. The number of nitrogens with zero attached hydrogens (tertiary/aromatic N) is 1. The van der Waals surface area contributed by atoms with Crippen molar-refractivity contribution in [1.82, 2.24) is 10.2 Å². The second kappa shape index (κ2) is 11.0. The molecule has 2 rings (SSSR count). The lowest BCUT2D eigenvalue weighted by Gasteiger charge is -2.23. The van der Waals surface area contributed by atoms with Gasteiger partial charge in [0.1, 0.15) is 0 Å². The van der Waals surface area contributed by atoms with Gasteiger partial charge in [-0.25, -0.2) is 9.59 Å². The molecular weight excluding hydrogens is 344 g/mol. The van der Waals surface area contributed by atoms with Gasteiger partial charge in [-0.3, -0.25) is 0 Å². The molecule has 0 radical (unpaired) electrons. The summed E-state index contributed by atoms with van der Waals surface area (Å²) in [4.78, 5) is 25.3. The van der Waals surface area contributed by atoms with Crippen molar-refractivity contribution in [2.24, 2.45) is 0 Å². The van der Waals surface area contributed by atoms with Crippen LogP contribution in [0.3, 0.4) is 0 Å². The molecule has 0 heterocycles. The summed E-state index contributed by atoms with van der Waals surface area (Å²) in [6.45, 7) is 2.21. The number of carboxylic acids is 1. The third kappa shape index (κ3) is 7.11. The van der Waals surface area contributed by atoms with Crippen LogP contribution in [0.25, 0.3) is 0 Å². The van der Waals surface area contributed by atoms with Gasteiger partial charge in [0.2, 0.25) is 0 Å². The maximum absolute atomic E-state index is 12.6. The van der Waals surface area contributed by atoms with E-state index in [1.165, 1.54) is 12.1 Å². The highest BCUT2D eigenvalue weighted by Crippen LogP contribution is 2.08. The summed E-state index contributed by atoms with van der Waals surface area (Å²) in [5.74, 6) is -0.962. The van der Waals surface area contributed by atoms with E-state index in [0.29, 0.717) is 26.2 Å². The number of aromatic carboxylic acids is 1. The smallest absolute Gasteiger partial charge is 0.335 e. The van der Waals surface area contributed by atoms with E-state index in [2.05, 4.69) is 5.32 Å². The van der Waals surface area contributed by atoms with Gasteiger partial charge in [0.25, 0.3) is 0 Å². The van der Waals surface area contributed by atoms with Crippen LogP contribution in [0.1, 0.15) is 34.3 Å². The third-order valence-electron chi connectivity index (χ3n) is 4.17. The normalized spacial score (nSPS) is 10.4. The Balaban J connectivity index is 1.93. The minimum atomic E-state index is -0.962. The van der Waals surface area contributed by atoms with E-state index in [9.17, 15) is 9.59 Å². The first-order valence-corrected chi connectivity index (χ1v) is 8.98. The maximum atomic E-state index is 12.6. The van der Waals surface area contributed by atoms with Gasteiger partial charge in [0, 0.05) is 33.4 Å². The summed E-state index contributed by atoms with van der Waals surface area (Å²) in [7, 11) is 1.67. The number of methoxy groups -OCH3 is 1. The quantitative estimate of drug-likeness (QED) is 0.627. The van der Waals surface area contributed by atoms with Crippen LogP contribution in [-0.4, -0.2) is 42.3 Å². The van der Waals surface area contributed by atoms with Gasteiger partial charge in [-0.15, -0.1) is 0 Å². The van der Waals surface area contributed by atoms with E-state index in [0.717, 1.165) is 24.0 Å². The maximum Gasteiger partial charge on any atom is 0.335 e. The standard InChI is InChI=1S/C21H26N2O4/c1-27-14-6-5-13-23(16-18-7-3-2-4-8-18)21(26)22-15-17-9-11-19(12-10-17)20(24)25/h2-4,7-12H,5-6,13-16H2,1H3,(H,22,26)(H,24,25). The van der Waals surface area contributed by atoms with Crippen molar-refractivity contribution < 1.29 is 19.4 Å². The number of rotatable bonds is 10. The number of ether oxygens (including phenoxy) is 1. The number of carbonyl (C=O) groups excluding carboxylic acids is 1. The van der Waals surface area contributed by atoms with Gasteiger partial charge in [0.15, 0.2) is 0 Å². The van der Waals surface area contributed by atoms with Gasteiger partial charge in [-0.2, -0.15) is 0 Å². The molecule has 0 fully saturated rings. The number of benzene rings is 2. The first kappa shape index (κ1) is 20.5. The zero-order chi connectivity index (χ0) is 19.5. The molecular formula is C21H26N2O4. The highest BCUT2D eigenvalue weighted by Gasteiger charge is 2.13. The van der Waals surface area contributed by atoms with Gasteiger partial charge in [-0.1, -0.05) is 42.5 Å². The largest absolute Gasteiger partial charge is 0.478 e. The summed E-state index contributed by atoms with van der Waals surface area (Å²) in [6.07, 6.45) is 1.76. The fraction of sp³-hybridized carbons (Fsp3) is 0.333. The van der Waals surface area contributed by atoms with E-state index < -0.39 is 5.97 Å². The van der Waals surface area contributed by atoms with Gasteiger partial charge >= 0.3 is 12.0 Å². The van der Waals surface area contributed by atoms with Crippen molar-refractivity contribution in [1.29, 1.82) is 0 Å². The van der Waals surface area contributed by atoms with Gasteiger partial charge < -0.3 is 20.1 Å². The minimum Gasteiger partial charge on any atom is -0.478 e. The number of carbonyl (C=O) groups is 2. The second-order valence-electron chi connectivity index (χ2n) is 6.27. The zero-order valence-electron chi connectivity index (χ0n) is 15.6. The summed E-state index contributed by atoms with van der Waals surface area (Å²) < 4.78 is 5.07. The number of hydrogen-bond donors (Lipinski definition) is 2. The average Bonchev–Trinajstić information content (AvgIpc) is 2.69. The molecule has 2 aromatic carbocycles. The van der Waals surface area contributed by atoms with Crippen molar-refractivity contribution in [2.45, 2.75) is 25.9 Å². The Morgan fingerprint density at radius 3 is 2.33 bits per heavy atom. The van der Waals surface area contributed by atoms with Crippen LogP contribution in [0.5, 0.6) is 0 Å². The average molecular weight is 370 g/mol. The molecule has 6 heteroatoms. The van der Waals surface area contributed by atoms with E-state index >= 15 is 0 Å². The fourth-order valence-electron chi connectivity index (χ4n) is 2.66. The molecule has 2 amide bonds. The Morgan fingerprint density at radius 2 is 1.70 bits per heavy atom. The summed E-state index contributed by atoms with van der Waals surface area (Å²) >= 11 is 0.